The van der Waals surface area contributed by atoms with E-state index in [1.165, 1.54) is 6.33 Å². The highest BCUT2D eigenvalue weighted by Crippen LogP contribution is 2.31. The third-order valence-electron chi connectivity index (χ3n) is 4.11. The third-order valence-corrected chi connectivity index (χ3v) is 4.41. The van der Waals surface area contributed by atoms with E-state index in [2.05, 4.69) is 48.5 Å². The van der Waals surface area contributed by atoms with Gasteiger partial charge in [0.1, 0.15) is 17.7 Å². The second-order valence-electron chi connectivity index (χ2n) is 5.68. The number of benzene rings is 1. The van der Waals surface area contributed by atoms with Gasteiger partial charge >= 0.3 is 0 Å². The molecule has 0 spiro atoms. The Bertz CT molecular complexity index is 1060. The minimum absolute atomic E-state index is 0.0419. The summed E-state index contributed by atoms with van der Waals surface area (Å²) in [5, 5.41) is 8.18. The summed E-state index contributed by atoms with van der Waals surface area (Å²) < 4.78 is 0. The van der Waals surface area contributed by atoms with Crippen LogP contribution in [0, 0.1) is 0 Å². The number of hydrogen-bond donors (Lipinski definition) is 3. The van der Waals surface area contributed by atoms with Gasteiger partial charge < -0.3 is 15.6 Å². The molecule has 4 aromatic rings. The van der Waals surface area contributed by atoms with Crippen molar-refractivity contribution in [1.82, 2.24) is 24.9 Å². The predicted octanol–water partition coefficient (Wildman–Crippen LogP) is 3.77. The first kappa shape index (κ1) is 15.6. The minimum atomic E-state index is -0.0419. The van der Waals surface area contributed by atoms with Crippen molar-refractivity contribution in [3.8, 4) is 0 Å². The van der Waals surface area contributed by atoms with Crippen LogP contribution in [0.2, 0.25) is 5.02 Å². The Hall–Kier alpha value is -2.93. The van der Waals surface area contributed by atoms with Crippen molar-refractivity contribution in [2.75, 3.05) is 17.7 Å². The van der Waals surface area contributed by atoms with Gasteiger partial charge in [-0.25, -0.2) is 19.9 Å². The van der Waals surface area contributed by atoms with Crippen LogP contribution in [0.15, 0.2) is 36.9 Å². The van der Waals surface area contributed by atoms with E-state index in [4.69, 9.17) is 11.6 Å². The topological polar surface area (TPSA) is 91.4 Å². The molecule has 1 unspecified atom stereocenters. The Morgan fingerprint density at radius 1 is 1.16 bits per heavy atom. The molecule has 3 aromatic heterocycles. The van der Waals surface area contributed by atoms with Crippen molar-refractivity contribution in [3.05, 3.63) is 47.5 Å². The zero-order chi connectivity index (χ0) is 17.4. The molecule has 7 nitrogen and oxygen atoms in total. The van der Waals surface area contributed by atoms with Gasteiger partial charge in [-0.2, -0.15) is 0 Å². The van der Waals surface area contributed by atoms with Crippen LogP contribution >= 0.6 is 11.6 Å². The lowest BCUT2D eigenvalue weighted by atomic mass is 10.1. The molecule has 126 valence electrons. The third kappa shape index (κ3) is 2.72. The van der Waals surface area contributed by atoms with E-state index in [0.717, 1.165) is 27.8 Å². The lowest BCUT2D eigenvalue weighted by molar-refractivity contribution is 0.872. The molecule has 0 bridgehead atoms. The zero-order valence-electron chi connectivity index (χ0n) is 13.7. The van der Waals surface area contributed by atoms with Crippen molar-refractivity contribution in [2.45, 2.75) is 13.0 Å². The van der Waals surface area contributed by atoms with Crippen LogP contribution in [0.1, 0.15) is 18.5 Å². The summed E-state index contributed by atoms with van der Waals surface area (Å²) in [5.41, 5.74) is 3.20. The van der Waals surface area contributed by atoms with Crippen LogP contribution in [0.25, 0.3) is 22.1 Å². The molecule has 3 heterocycles. The minimum Gasteiger partial charge on any atom is -0.373 e. The van der Waals surface area contributed by atoms with Crippen LogP contribution in [-0.4, -0.2) is 32.0 Å². The molecule has 0 fully saturated rings. The first-order valence-electron chi connectivity index (χ1n) is 7.85. The molecule has 8 heteroatoms. The fraction of sp³-hybridized carbons (Fsp3) is 0.176. The summed E-state index contributed by atoms with van der Waals surface area (Å²) in [6.45, 7) is 2.05. The predicted molar refractivity (Wildman–Crippen MR) is 100 cm³/mol. The summed E-state index contributed by atoms with van der Waals surface area (Å²) in [5.74, 6) is 1.47. The van der Waals surface area contributed by atoms with E-state index >= 15 is 0 Å². The largest absolute Gasteiger partial charge is 0.373 e. The van der Waals surface area contributed by atoms with Crippen LogP contribution in [0.4, 0.5) is 11.6 Å². The van der Waals surface area contributed by atoms with E-state index in [-0.39, 0.29) is 6.04 Å². The van der Waals surface area contributed by atoms with Gasteiger partial charge in [-0.05, 0) is 19.1 Å². The van der Waals surface area contributed by atoms with Gasteiger partial charge in [-0.1, -0.05) is 23.7 Å². The number of aromatic nitrogens is 5. The average Bonchev–Trinajstić information content (AvgIpc) is 3.11. The van der Waals surface area contributed by atoms with Crippen molar-refractivity contribution in [1.29, 1.82) is 0 Å². The summed E-state index contributed by atoms with van der Waals surface area (Å²) in [7, 11) is 1.85. The molecule has 1 aromatic carbocycles. The van der Waals surface area contributed by atoms with E-state index in [0.29, 0.717) is 16.5 Å². The summed E-state index contributed by atoms with van der Waals surface area (Å²) >= 11 is 6.27. The van der Waals surface area contributed by atoms with Crippen LogP contribution < -0.4 is 10.6 Å². The van der Waals surface area contributed by atoms with Gasteiger partial charge in [0.2, 0.25) is 0 Å². The van der Waals surface area contributed by atoms with Gasteiger partial charge in [0.25, 0.3) is 0 Å². The number of nitrogens with one attached hydrogen (secondary N) is 3. The Labute approximate surface area is 148 Å². The number of halogens is 1. The Kier molecular flexibility index (Phi) is 3.85. The van der Waals surface area contributed by atoms with Gasteiger partial charge in [0.15, 0.2) is 11.5 Å². The molecule has 0 aliphatic carbocycles. The van der Waals surface area contributed by atoms with Crippen molar-refractivity contribution in [3.63, 3.8) is 0 Å². The number of aromatic amines is 1. The van der Waals surface area contributed by atoms with Crippen LogP contribution in [0.3, 0.4) is 0 Å². The standard InChI is InChI=1S/C17H16ClN7/c1-9(24-17-14-16(21-7-20-14)22-8-23-17)11-6-10-4-3-5-12(18)13(10)25-15(11)19-2/h3-9H,1-2H3,(H,19,25)(H2,20,21,22,23,24). The Balaban J connectivity index is 1.76. The summed E-state index contributed by atoms with van der Waals surface area (Å²) in [6.07, 6.45) is 3.10. The maximum Gasteiger partial charge on any atom is 0.182 e. The molecule has 0 radical (unpaired) electrons. The summed E-state index contributed by atoms with van der Waals surface area (Å²) in [6, 6.07) is 7.81. The van der Waals surface area contributed by atoms with Gasteiger partial charge in [-0.3, -0.25) is 0 Å². The fourth-order valence-corrected chi connectivity index (χ4v) is 3.09. The fourth-order valence-electron chi connectivity index (χ4n) is 2.87. The molecule has 0 saturated heterocycles. The number of pyridine rings is 1. The van der Waals surface area contributed by atoms with E-state index in [9.17, 15) is 0 Å². The van der Waals surface area contributed by atoms with Crippen molar-refractivity contribution in [2.24, 2.45) is 0 Å². The molecule has 1 atom stereocenters. The van der Waals surface area contributed by atoms with Gasteiger partial charge in [0.05, 0.1) is 22.9 Å². The Morgan fingerprint density at radius 2 is 2.04 bits per heavy atom. The molecule has 4 rings (SSSR count). The Morgan fingerprint density at radius 3 is 2.88 bits per heavy atom. The zero-order valence-corrected chi connectivity index (χ0v) is 14.5. The number of H-pyrrole nitrogens is 1. The highest BCUT2D eigenvalue weighted by Gasteiger charge is 2.16. The lowest BCUT2D eigenvalue weighted by Crippen LogP contribution is -2.12. The molecule has 25 heavy (non-hydrogen) atoms. The van der Waals surface area contributed by atoms with E-state index in [1.807, 2.05) is 25.2 Å². The SMILES string of the molecule is CNc1nc2c(Cl)cccc2cc1C(C)Nc1ncnc2nc[nH]c12. The van der Waals surface area contributed by atoms with Crippen molar-refractivity contribution < 1.29 is 0 Å². The van der Waals surface area contributed by atoms with Gasteiger partial charge in [-0.15, -0.1) is 0 Å². The number of fused-ring (bicyclic) bond motifs is 2. The molecular weight excluding hydrogens is 338 g/mol. The number of hydrogen-bond acceptors (Lipinski definition) is 6. The highest BCUT2D eigenvalue weighted by atomic mass is 35.5. The highest BCUT2D eigenvalue weighted by molar-refractivity contribution is 6.35. The quantitative estimate of drug-likeness (QED) is 0.517. The second-order valence-corrected chi connectivity index (χ2v) is 6.08. The molecule has 0 saturated carbocycles. The average molecular weight is 354 g/mol. The smallest absolute Gasteiger partial charge is 0.182 e. The normalized spacial score (nSPS) is 12.4. The monoisotopic (exact) mass is 353 g/mol. The number of nitrogens with zero attached hydrogens (tertiary/aromatic N) is 4. The first-order valence-corrected chi connectivity index (χ1v) is 8.22. The number of anilines is 2. The van der Waals surface area contributed by atoms with Crippen molar-refractivity contribution >= 4 is 45.3 Å². The lowest BCUT2D eigenvalue weighted by Gasteiger charge is -2.19. The number of imidazole rings is 1. The molecule has 3 N–H and O–H groups in total. The second kappa shape index (κ2) is 6.18. The summed E-state index contributed by atoms with van der Waals surface area (Å²) in [4.78, 5) is 20.3. The van der Waals surface area contributed by atoms with Crippen LogP contribution in [0.5, 0.6) is 0 Å². The maximum absolute atomic E-state index is 6.27. The molecule has 0 aliphatic rings. The van der Waals surface area contributed by atoms with E-state index < -0.39 is 0 Å². The van der Waals surface area contributed by atoms with E-state index in [1.54, 1.807) is 6.33 Å². The molecule has 0 amide bonds. The van der Waals surface area contributed by atoms with Crippen LogP contribution in [-0.2, 0) is 0 Å². The first-order chi connectivity index (χ1) is 12.2. The maximum atomic E-state index is 6.27. The molecule has 0 aliphatic heterocycles. The molecular formula is C17H16ClN7. The van der Waals surface area contributed by atoms with Gasteiger partial charge in [0, 0.05) is 18.0 Å². The number of rotatable bonds is 4. The number of para-hydroxylation sites is 1.